The number of aliphatic hydroxyl groups excluding tert-OH is 1. The molecule has 6 heteroatoms. The molecule has 5 rings (SSSR count). The van der Waals surface area contributed by atoms with Crippen molar-refractivity contribution in [1.82, 2.24) is 15.0 Å². The van der Waals surface area contributed by atoms with Crippen molar-refractivity contribution in [3.8, 4) is 17.1 Å². The highest BCUT2D eigenvalue weighted by Crippen LogP contribution is 2.29. The zero-order chi connectivity index (χ0) is 23.3. The molecular weight excluding hydrogens is 424 g/mol. The second kappa shape index (κ2) is 9.77. The number of aryl methyl sites for hydroxylation is 1. The number of hydrogen-bond donors (Lipinski definition) is 3. The van der Waals surface area contributed by atoms with Gasteiger partial charge in [-0.05, 0) is 36.2 Å². The summed E-state index contributed by atoms with van der Waals surface area (Å²) in [4.78, 5) is 13.0. The molecule has 0 saturated carbocycles. The molecule has 1 atom stereocenters. The van der Waals surface area contributed by atoms with E-state index in [0.717, 1.165) is 33.5 Å². The van der Waals surface area contributed by atoms with E-state index in [1.807, 2.05) is 97.9 Å². The summed E-state index contributed by atoms with van der Waals surface area (Å²) in [5, 5.41) is 14.4. The van der Waals surface area contributed by atoms with E-state index in [2.05, 4.69) is 10.3 Å². The van der Waals surface area contributed by atoms with Crippen LogP contribution in [-0.4, -0.2) is 26.7 Å². The van der Waals surface area contributed by atoms with E-state index in [1.165, 1.54) is 0 Å². The van der Waals surface area contributed by atoms with Crippen LogP contribution in [-0.2, 0) is 6.61 Å². The number of aromatic amines is 1. The monoisotopic (exact) mass is 450 g/mol. The summed E-state index contributed by atoms with van der Waals surface area (Å²) < 4.78 is 5.99. The maximum absolute atomic E-state index is 10.1. The molecule has 0 aliphatic rings. The molecule has 170 valence electrons. The Kier molecular flexibility index (Phi) is 6.23. The molecule has 3 N–H and O–H groups in total. The van der Waals surface area contributed by atoms with Crippen molar-refractivity contribution in [2.45, 2.75) is 19.6 Å². The number of nitrogens with zero attached hydrogens (tertiary/aromatic N) is 2. The fraction of sp³-hybridized carbons (Fsp3) is 0.143. The van der Waals surface area contributed by atoms with Crippen LogP contribution in [0.2, 0.25) is 0 Å². The Morgan fingerprint density at radius 2 is 1.68 bits per heavy atom. The second-order valence-electron chi connectivity index (χ2n) is 8.21. The van der Waals surface area contributed by atoms with E-state index in [9.17, 15) is 5.11 Å². The van der Waals surface area contributed by atoms with E-state index in [4.69, 9.17) is 14.7 Å². The van der Waals surface area contributed by atoms with Crippen LogP contribution < -0.4 is 10.1 Å². The first kappa shape index (κ1) is 21.7. The van der Waals surface area contributed by atoms with Gasteiger partial charge in [0.05, 0.1) is 23.7 Å². The number of fused-ring (bicyclic) bond motifs is 1. The van der Waals surface area contributed by atoms with Gasteiger partial charge in [-0.3, -0.25) is 0 Å². The molecule has 0 radical (unpaired) electrons. The Balaban J connectivity index is 1.51. The van der Waals surface area contributed by atoms with Gasteiger partial charge in [-0.15, -0.1) is 0 Å². The largest absolute Gasteiger partial charge is 0.487 e. The summed E-state index contributed by atoms with van der Waals surface area (Å²) in [5.41, 5.74) is 4.65. The van der Waals surface area contributed by atoms with E-state index in [0.29, 0.717) is 23.9 Å². The van der Waals surface area contributed by atoms with Gasteiger partial charge in [0.2, 0.25) is 0 Å². The normalized spacial score (nSPS) is 11.9. The molecule has 0 aliphatic heterocycles. The molecule has 0 bridgehead atoms. The second-order valence-corrected chi connectivity index (χ2v) is 8.21. The number of anilines is 1. The van der Waals surface area contributed by atoms with Crippen LogP contribution in [0.1, 0.15) is 22.9 Å². The number of benzene rings is 3. The lowest BCUT2D eigenvalue weighted by molar-refractivity contribution is 0.276. The Labute approximate surface area is 198 Å². The molecule has 0 amide bonds. The summed E-state index contributed by atoms with van der Waals surface area (Å²) in [6, 6.07) is 29.4. The Morgan fingerprint density at radius 3 is 2.41 bits per heavy atom. The van der Waals surface area contributed by atoms with Crippen molar-refractivity contribution < 1.29 is 9.84 Å². The summed E-state index contributed by atoms with van der Waals surface area (Å²) in [7, 11) is 0. The predicted octanol–water partition coefficient (Wildman–Crippen LogP) is 5.66. The summed E-state index contributed by atoms with van der Waals surface area (Å²) in [6.45, 7) is 2.35. The van der Waals surface area contributed by atoms with Crippen molar-refractivity contribution >= 4 is 16.9 Å². The molecule has 3 aromatic carbocycles. The lowest BCUT2D eigenvalue weighted by atomic mass is 10.1. The SMILES string of the molecule is Cc1cccc(OCc2cc3c(N[C@@H](CO)c4ccccc4)nc(-c4ccccc4)nc3[nH]2)c1. The highest BCUT2D eigenvalue weighted by Gasteiger charge is 2.17. The third kappa shape index (κ3) is 4.77. The summed E-state index contributed by atoms with van der Waals surface area (Å²) >= 11 is 0. The number of nitrogens with one attached hydrogen (secondary N) is 2. The fourth-order valence-corrected chi connectivity index (χ4v) is 3.92. The summed E-state index contributed by atoms with van der Waals surface area (Å²) in [6.07, 6.45) is 0. The quantitative estimate of drug-likeness (QED) is 0.284. The van der Waals surface area contributed by atoms with Crippen molar-refractivity contribution in [3.63, 3.8) is 0 Å². The molecule has 0 fully saturated rings. The van der Waals surface area contributed by atoms with Crippen LogP contribution in [0.15, 0.2) is 91.0 Å². The topological polar surface area (TPSA) is 83.1 Å². The predicted molar refractivity (Wildman–Crippen MR) is 135 cm³/mol. The Hall–Kier alpha value is -4.16. The Bertz CT molecular complexity index is 1380. The Morgan fingerprint density at radius 1 is 0.912 bits per heavy atom. The van der Waals surface area contributed by atoms with Crippen molar-refractivity contribution in [2.24, 2.45) is 0 Å². The molecule has 5 aromatic rings. The first-order valence-electron chi connectivity index (χ1n) is 11.3. The molecule has 0 spiro atoms. The maximum Gasteiger partial charge on any atom is 0.163 e. The highest BCUT2D eigenvalue weighted by atomic mass is 16.5. The lowest BCUT2D eigenvalue weighted by Crippen LogP contribution is -2.16. The standard InChI is InChI=1S/C28H26N4O2/c1-19-9-8-14-23(15-19)34-18-22-16-24-27(29-22)31-26(21-12-6-3-7-13-21)32-28(24)30-25(17-33)20-10-4-2-5-11-20/h2-16,25,33H,17-18H2,1H3,(H2,29,30,31,32)/t25-/m0/s1. The number of ether oxygens (including phenoxy) is 1. The van der Waals surface area contributed by atoms with Crippen LogP contribution in [0.5, 0.6) is 5.75 Å². The average molecular weight is 451 g/mol. The minimum absolute atomic E-state index is 0.0655. The average Bonchev–Trinajstić information content (AvgIpc) is 3.30. The van der Waals surface area contributed by atoms with Crippen molar-refractivity contribution in [1.29, 1.82) is 0 Å². The van der Waals surface area contributed by atoms with Crippen molar-refractivity contribution in [3.05, 3.63) is 108 Å². The first-order chi connectivity index (χ1) is 16.7. The van der Waals surface area contributed by atoms with E-state index in [-0.39, 0.29) is 12.6 Å². The van der Waals surface area contributed by atoms with Gasteiger partial charge in [0.1, 0.15) is 23.8 Å². The van der Waals surface area contributed by atoms with Crippen LogP contribution in [0, 0.1) is 6.92 Å². The number of aromatic nitrogens is 3. The van der Waals surface area contributed by atoms with E-state index >= 15 is 0 Å². The maximum atomic E-state index is 10.1. The number of hydrogen-bond acceptors (Lipinski definition) is 5. The number of H-pyrrole nitrogens is 1. The van der Waals surface area contributed by atoms with Gasteiger partial charge in [-0.1, -0.05) is 72.8 Å². The van der Waals surface area contributed by atoms with Crippen molar-refractivity contribution in [2.75, 3.05) is 11.9 Å². The smallest absolute Gasteiger partial charge is 0.163 e. The van der Waals surface area contributed by atoms with Gasteiger partial charge in [-0.2, -0.15) is 0 Å². The van der Waals surface area contributed by atoms with Crippen LogP contribution in [0.3, 0.4) is 0 Å². The van der Waals surface area contributed by atoms with Crippen LogP contribution in [0.25, 0.3) is 22.4 Å². The molecular formula is C28H26N4O2. The number of aliphatic hydroxyl groups is 1. The third-order valence-electron chi connectivity index (χ3n) is 5.65. The molecule has 2 heterocycles. The van der Waals surface area contributed by atoms with E-state index < -0.39 is 0 Å². The molecule has 0 aliphatic carbocycles. The van der Waals surface area contributed by atoms with Gasteiger partial charge >= 0.3 is 0 Å². The first-order valence-corrected chi connectivity index (χ1v) is 11.3. The highest BCUT2D eigenvalue weighted by molar-refractivity contribution is 5.89. The molecule has 0 saturated heterocycles. The van der Waals surface area contributed by atoms with Gasteiger partial charge < -0.3 is 20.1 Å². The fourth-order valence-electron chi connectivity index (χ4n) is 3.92. The number of rotatable bonds is 8. The molecule has 34 heavy (non-hydrogen) atoms. The zero-order valence-electron chi connectivity index (χ0n) is 18.9. The zero-order valence-corrected chi connectivity index (χ0v) is 18.9. The van der Waals surface area contributed by atoms with Crippen LogP contribution >= 0.6 is 0 Å². The lowest BCUT2D eigenvalue weighted by Gasteiger charge is -2.18. The van der Waals surface area contributed by atoms with Gasteiger partial charge in [-0.25, -0.2) is 9.97 Å². The minimum Gasteiger partial charge on any atom is -0.487 e. The molecule has 2 aromatic heterocycles. The molecule has 6 nitrogen and oxygen atoms in total. The van der Waals surface area contributed by atoms with Gasteiger partial charge in [0, 0.05) is 5.56 Å². The van der Waals surface area contributed by atoms with Gasteiger partial charge in [0.25, 0.3) is 0 Å². The van der Waals surface area contributed by atoms with Crippen LogP contribution in [0.4, 0.5) is 5.82 Å². The molecule has 0 unspecified atom stereocenters. The van der Waals surface area contributed by atoms with E-state index in [1.54, 1.807) is 0 Å². The summed E-state index contributed by atoms with van der Waals surface area (Å²) in [5.74, 6) is 2.08. The minimum atomic E-state index is -0.301. The van der Waals surface area contributed by atoms with Gasteiger partial charge in [0.15, 0.2) is 5.82 Å². The third-order valence-corrected chi connectivity index (χ3v) is 5.65.